The Morgan fingerprint density at radius 1 is 1.05 bits per heavy atom. The number of nitrogens with one attached hydrogen (secondary N) is 1. The number of rotatable bonds is 7. The highest BCUT2D eigenvalue weighted by Gasteiger charge is 2.40. The Kier molecular flexibility index (Phi) is 8.52. The van der Waals surface area contributed by atoms with Crippen LogP contribution in [-0.2, 0) is 21.8 Å². The monoisotopic (exact) mass is 580 g/mol. The molecule has 2 saturated heterocycles. The van der Waals surface area contributed by atoms with Crippen molar-refractivity contribution in [2.75, 3.05) is 31.2 Å². The van der Waals surface area contributed by atoms with E-state index in [1.165, 1.54) is 24.9 Å². The molecule has 5 rings (SSSR count). The fourth-order valence-electron chi connectivity index (χ4n) is 5.79. The molecule has 4 atom stereocenters. The van der Waals surface area contributed by atoms with Crippen LogP contribution in [0.4, 0.5) is 5.69 Å². The number of aromatic nitrogens is 1. The first-order valence-corrected chi connectivity index (χ1v) is 15.3. The van der Waals surface area contributed by atoms with Crippen LogP contribution in [0.2, 0.25) is 0 Å². The molecule has 3 aromatic rings. The zero-order valence-corrected chi connectivity index (χ0v) is 24.0. The molecule has 2 aliphatic heterocycles. The number of fused-ring (bicyclic) bond motifs is 1. The van der Waals surface area contributed by atoms with Gasteiger partial charge in [-0.2, -0.15) is 5.26 Å². The van der Waals surface area contributed by atoms with Gasteiger partial charge in [-0.25, -0.2) is 13.1 Å². The molecular formula is C30H36N4O6S. The van der Waals surface area contributed by atoms with E-state index in [0.717, 1.165) is 35.1 Å². The molecule has 0 bridgehead atoms. The summed E-state index contributed by atoms with van der Waals surface area (Å²) in [4.78, 5) is 1.93. The standard InChI is InChI=1S/C30H36N4O6S/c1-19(28(16-31)41(38,39)32-24-18-40-27(17-35)30(37)29(24)36)25-10-11-26(33(25)2)22-7-6-21-15-23(9-8-20(21)14-22)34-12-4-3-5-13-34/h6-11,14-15,24,27,29-30,32,35-37H,3-5,12-13,17-18H2,1-2H3/b28-19+/t24-,27+,29+,30+/m0/s1. The third-order valence-corrected chi connectivity index (χ3v) is 9.73. The highest BCUT2D eigenvalue weighted by atomic mass is 32.2. The van der Waals surface area contributed by atoms with Crippen molar-refractivity contribution >= 4 is 32.1 Å². The summed E-state index contributed by atoms with van der Waals surface area (Å²) in [6, 6.07) is 17.0. The van der Waals surface area contributed by atoms with Gasteiger partial charge in [0.25, 0.3) is 10.0 Å². The van der Waals surface area contributed by atoms with Crippen LogP contribution in [0.1, 0.15) is 31.9 Å². The van der Waals surface area contributed by atoms with E-state index in [1.54, 1.807) is 19.1 Å². The molecule has 2 aromatic carbocycles. The van der Waals surface area contributed by atoms with E-state index >= 15 is 0 Å². The Balaban J connectivity index is 1.41. The first-order chi connectivity index (χ1) is 19.6. The molecule has 2 fully saturated rings. The van der Waals surface area contributed by atoms with Gasteiger partial charge in [-0.1, -0.05) is 18.2 Å². The van der Waals surface area contributed by atoms with Crippen molar-refractivity contribution in [3.05, 3.63) is 59.1 Å². The number of anilines is 1. The minimum atomic E-state index is -4.38. The summed E-state index contributed by atoms with van der Waals surface area (Å²) in [6.45, 7) is 2.94. The summed E-state index contributed by atoms with van der Waals surface area (Å²) in [5.41, 5.74) is 3.84. The average Bonchev–Trinajstić information content (AvgIpc) is 3.36. The Morgan fingerprint density at radius 2 is 1.76 bits per heavy atom. The molecular weight excluding hydrogens is 544 g/mol. The van der Waals surface area contributed by atoms with Gasteiger partial charge in [0.15, 0.2) is 4.91 Å². The van der Waals surface area contributed by atoms with Crippen molar-refractivity contribution in [1.29, 1.82) is 5.26 Å². The molecule has 41 heavy (non-hydrogen) atoms. The third-order valence-electron chi connectivity index (χ3n) is 8.18. The Morgan fingerprint density at radius 3 is 2.46 bits per heavy atom. The van der Waals surface area contributed by atoms with Crippen molar-refractivity contribution in [3.8, 4) is 17.3 Å². The number of aliphatic hydroxyl groups is 3. The van der Waals surface area contributed by atoms with Crippen LogP contribution in [0.3, 0.4) is 0 Å². The van der Waals surface area contributed by atoms with Crippen LogP contribution in [0.25, 0.3) is 27.6 Å². The second-order valence-corrected chi connectivity index (χ2v) is 12.4. The Labute approximate surface area is 240 Å². The van der Waals surface area contributed by atoms with E-state index in [-0.39, 0.29) is 12.2 Å². The van der Waals surface area contributed by atoms with E-state index in [4.69, 9.17) is 4.74 Å². The lowest BCUT2D eigenvalue weighted by atomic mass is 9.99. The molecule has 0 amide bonds. The van der Waals surface area contributed by atoms with E-state index in [1.807, 2.05) is 23.7 Å². The summed E-state index contributed by atoms with van der Waals surface area (Å²) in [5, 5.41) is 41.8. The zero-order chi connectivity index (χ0) is 29.3. The molecule has 0 radical (unpaired) electrons. The van der Waals surface area contributed by atoms with Crippen LogP contribution in [0.5, 0.6) is 0 Å². The lowest BCUT2D eigenvalue weighted by molar-refractivity contribution is -0.158. The summed E-state index contributed by atoms with van der Waals surface area (Å²) < 4.78 is 35.9. The number of nitriles is 1. The first-order valence-electron chi connectivity index (χ1n) is 13.8. The van der Waals surface area contributed by atoms with Gasteiger partial charge in [0.1, 0.15) is 24.4 Å². The summed E-state index contributed by atoms with van der Waals surface area (Å²) in [6.07, 6.45) is -0.291. The van der Waals surface area contributed by atoms with Gasteiger partial charge in [0.2, 0.25) is 0 Å². The van der Waals surface area contributed by atoms with Gasteiger partial charge < -0.3 is 29.5 Å². The molecule has 0 saturated carbocycles. The van der Waals surface area contributed by atoms with Crippen molar-refractivity contribution in [1.82, 2.24) is 9.29 Å². The maximum atomic E-state index is 13.2. The molecule has 11 heteroatoms. The molecule has 218 valence electrons. The van der Waals surface area contributed by atoms with Crippen LogP contribution >= 0.6 is 0 Å². The second-order valence-electron chi connectivity index (χ2n) is 10.8. The average molecular weight is 581 g/mol. The van der Waals surface area contributed by atoms with E-state index in [9.17, 15) is 29.0 Å². The van der Waals surface area contributed by atoms with Crippen molar-refractivity contribution < 1.29 is 28.5 Å². The number of hydrogen-bond acceptors (Lipinski definition) is 8. The quantitative estimate of drug-likeness (QED) is 0.312. The lowest BCUT2D eigenvalue weighted by Gasteiger charge is -2.36. The van der Waals surface area contributed by atoms with E-state index < -0.39 is 45.9 Å². The van der Waals surface area contributed by atoms with Gasteiger partial charge in [-0.15, -0.1) is 0 Å². The highest BCUT2D eigenvalue weighted by molar-refractivity contribution is 7.93. The van der Waals surface area contributed by atoms with Crippen LogP contribution < -0.4 is 9.62 Å². The molecule has 1 aromatic heterocycles. The zero-order valence-electron chi connectivity index (χ0n) is 23.2. The number of benzene rings is 2. The number of ether oxygens (including phenoxy) is 1. The van der Waals surface area contributed by atoms with Crippen molar-refractivity contribution in [2.45, 2.75) is 50.5 Å². The first kappa shape index (κ1) is 29.3. The van der Waals surface area contributed by atoms with E-state index in [0.29, 0.717) is 5.69 Å². The largest absolute Gasteiger partial charge is 0.394 e. The van der Waals surface area contributed by atoms with Gasteiger partial charge >= 0.3 is 0 Å². The minimum Gasteiger partial charge on any atom is -0.394 e. The number of hydrogen-bond donors (Lipinski definition) is 4. The maximum absolute atomic E-state index is 13.2. The SMILES string of the molecule is C/C(=C(/C#N)S(=O)(=O)N[C@H]1CO[C@H](CO)[C@@H](O)[C@@H]1O)c1ccc(-c2ccc3cc(N4CCCCC4)ccc3c2)n1C. The Bertz CT molecular complexity index is 1600. The van der Waals surface area contributed by atoms with Gasteiger partial charge in [0.05, 0.1) is 19.3 Å². The fraction of sp³-hybridized carbons (Fsp3) is 0.433. The number of sulfonamides is 1. The van der Waals surface area contributed by atoms with Crippen molar-refractivity contribution in [3.63, 3.8) is 0 Å². The number of piperidine rings is 1. The smallest absolute Gasteiger partial charge is 0.251 e. The molecule has 0 aliphatic carbocycles. The van der Waals surface area contributed by atoms with Crippen molar-refractivity contribution in [2.24, 2.45) is 7.05 Å². The van der Waals surface area contributed by atoms with Crippen LogP contribution in [0.15, 0.2) is 53.4 Å². The van der Waals surface area contributed by atoms with Crippen LogP contribution in [-0.4, -0.2) is 79.0 Å². The molecule has 0 spiro atoms. The van der Waals surface area contributed by atoms with Crippen LogP contribution in [0, 0.1) is 11.3 Å². The highest BCUT2D eigenvalue weighted by Crippen LogP contribution is 2.32. The lowest BCUT2D eigenvalue weighted by Crippen LogP contribution is -2.59. The molecule has 0 unspecified atom stereocenters. The summed E-state index contributed by atoms with van der Waals surface area (Å²) in [7, 11) is -2.56. The third kappa shape index (κ3) is 5.77. The predicted octanol–water partition coefficient (Wildman–Crippen LogP) is 2.49. The summed E-state index contributed by atoms with van der Waals surface area (Å²) in [5.74, 6) is 0. The number of allylic oxidation sites excluding steroid dienone is 2. The van der Waals surface area contributed by atoms with Gasteiger partial charge in [0, 0.05) is 42.8 Å². The second kappa shape index (κ2) is 11.9. The molecule has 10 nitrogen and oxygen atoms in total. The van der Waals surface area contributed by atoms with Gasteiger partial charge in [-0.3, -0.25) is 0 Å². The number of aliphatic hydroxyl groups excluding tert-OH is 3. The fourth-order valence-corrected chi connectivity index (χ4v) is 7.14. The number of nitrogens with zero attached hydrogens (tertiary/aromatic N) is 3. The topological polar surface area (TPSA) is 148 Å². The molecule has 3 heterocycles. The normalized spacial score (nSPS) is 24.2. The summed E-state index contributed by atoms with van der Waals surface area (Å²) >= 11 is 0. The van der Waals surface area contributed by atoms with E-state index in [2.05, 4.69) is 40.0 Å². The minimum absolute atomic E-state index is 0.237. The Hall–Kier alpha value is -3.24. The van der Waals surface area contributed by atoms with Gasteiger partial charge in [-0.05, 0) is 72.9 Å². The molecule has 4 N–H and O–H groups in total. The molecule has 2 aliphatic rings. The predicted molar refractivity (Wildman–Crippen MR) is 157 cm³/mol. The maximum Gasteiger partial charge on any atom is 0.251 e.